The number of fused-ring (bicyclic) bond motifs is 5. The number of ether oxygens (including phenoxy) is 1. The SMILES string of the molecule is N[C@H]1CCCCCC=C[C@@H]2C[C@@]2(C(=O)NS(=O)(=O)C2CC2)NC(=O)[C@@H]2C[C@@H](Oc3nc4ccccc4c4ccccc34)CN2C1=O. The summed E-state index contributed by atoms with van der Waals surface area (Å²) in [5, 5.41) is 5.10. The number of aromatic nitrogens is 1. The van der Waals surface area contributed by atoms with E-state index in [9.17, 15) is 22.8 Å². The fourth-order valence-corrected chi connectivity index (χ4v) is 8.23. The molecule has 0 spiro atoms. The molecule has 2 aromatic carbocycles. The first-order chi connectivity index (χ1) is 22.2. The Hall–Kier alpha value is -4.03. The maximum atomic E-state index is 14.1. The predicted molar refractivity (Wildman–Crippen MR) is 173 cm³/mol. The van der Waals surface area contributed by atoms with Gasteiger partial charge in [-0.25, -0.2) is 13.4 Å². The van der Waals surface area contributed by atoms with Gasteiger partial charge in [-0.05, 0) is 56.0 Å². The number of carbonyl (C=O) groups is 3. The van der Waals surface area contributed by atoms with Crippen molar-refractivity contribution in [1.82, 2.24) is 19.9 Å². The summed E-state index contributed by atoms with van der Waals surface area (Å²) in [4.78, 5) is 47.6. The average Bonchev–Trinajstić information content (AvgIpc) is 3.97. The number of amides is 3. The molecule has 242 valence electrons. The second-order valence-electron chi connectivity index (χ2n) is 13.1. The minimum atomic E-state index is -3.82. The maximum absolute atomic E-state index is 14.1. The van der Waals surface area contributed by atoms with Gasteiger partial charge in [0.05, 0.1) is 23.4 Å². The third-order valence-corrected chi connectivity index (χ3v) is 11.6. The molecule has 7 rings (SSSR count). The van der Waals surface area contributed by atoms with E-state index in [1.165, 1.54) is 4.90 Å². The molecule has 1 saturated heterocycles. The van der Waals surface area contributed by atoms with E-state index < -0.39 is 50.8 Å². The van der Waals surface area contributed by atoms with Crippen LogP contribution in [0.15, 0.2) is 60.7 Å². The van der Waals surface area contributed by atoms with Crippen molar-refractivity contribution in [1.29, 1.82) is 0 Å². The standard InChI is InChI=1S/C34H39N5O6S/c35-27-14-5-3-1-2-4-10-21-19-34(21,33(42)38-46(43,44)23-16-17-23)37-30(40)29-18-22(20-39(29)32(27)41)45-31-26-13-7-6-11-24(26)25-12-8-9-15-28(25)36-31/h4,6-13,15,21-23,27,29H,1-3,5,14,16-20,35H2,(H,37,40)(H,38,42)/t21-,22-,27+,29+,34-/m1/s1. The van der Waals surface area contributed by atoms with Crippen molar-refractivity contribution in [3.63, 3.8) is 0 Å². The normalized spacial score (nSPS) is 28.9. The van der Waals surface area contributed by atoms with E-state index in [1.54, 1.807) is 0 Å². The van der Waals surface area contributed by atoms with Crippen LogP contribution < -0.4 is 20.5 Å². The Labute approximate surface area is 268 Å². The van der Waals surface area contributed by atoms with Crippen LogP contribution in [0.3, 0.4) is 0 Å². The highest BCUT2D eigenvalue weighted by Crippen LogP contribution is 2.46. The number of carbonyl (C=O) groups excluding carboxylic acids is 3. The fourth-order valence-electron chi connectivity index (χ4n) is 6.86. The van der Waals surface area contributed by atoms with E-state index in [-0.39, 0.29) is 31.2 Å². The molecule has 0 radical (unpaired) electrons. The Balaban J connectivity index is 1.18. The van der Waals surface area contributed by atoms with Gasteiger partial charge in [0, 0.05) is 23.1 Å². The molecule has 4 aliphatic rings. The molecule has 2 saturated carbocycles. The van der Waals surface area contributed by atoms with Crippen molar-refractivity contribution >= 4 is 49.4 Å². The minimum Gasteiger partial charge on any atom is -0.472 e. The predicted octanol–water partition coefficient (Wildman–Crippen LogP) is 3.07. The Morgan fingerprint density at radius 2 is 1.74 bits per heavy atom. The van der Waals surface area contributed by atoms with E-state index in [0.29, 0.717) is 25.1 Å². The average molecular weight is 646 g/mol. The summed E-state index contributed by atoms with van der Waals surface area (Å²) in [6, 6.07) is 13.9. The van der Waals surface area contributed by atoms with Crippen molar-refractivity contribution < 1.29 is 27.5 Å². The summed E-state index contributed by atoms with van der Waals surface area (Å²) in [5.41, 5.74) is 5.74. The van der Waals surface area contributed by atoms with Crippen molar-refractivity contribution in [2.75, 3.05) is 6.54 Å². The van der Waals surface area contributed by atoms with E-state index in [2.05, 4.69) is 10.0 Å². The van der Waals surface area contributed by atoms with Gasteiger partial charge in [-0.3, -0.25) is 19.1 Å². The number of nitrogens with two attached hydrogens (primary N) is 1. The monoisotopic (exact) mass is 645 g/mol. The topological polar surface area (TPSA) is 161 Å². The molecule has 2 aliphatic heterocycles. The van der Waals surface area contributed by atoms with E-state index in [4.69, 9.17) is 15.5 Å². The maximum Gasteiger partial charge on any atom is 0.259 e. The number of nitrogens with one attached hydrogen (secondary N) is 2. The van der Waals surface area contributed by atoms with Crippen molar-refractivity contribution in [2.45, 2.75) is 86.8 Å². The van der Waals surface area contributed by atoms with Gasteiger partial charge in [-0.1, -0.05) is 61.4 Å². The number of nitrogens with zero attached hydrogens (tertiary/aromatic N) is 2. The lowest BCUT2D eigenvalue weighted by atomic mass is 10.1. The smallest absolute Gasteiger partial charge is 0.259 e. The first-order valence-electron chi connectivity index (χ1n) is 16.2. The molecular weight excluding hydrogens is 606 g/mol. The molecule has 3 heterocycles. The van der Waals surface area contributed by atoms with Gasteiger partial charge in [0.2, 0.25) is 27.7 Å². The van der Waals surface area contributed by atoms with Gasteiger partial charge < -0.3 is 20.7 Å². The quantitative estimate of drug-likeness (QED) is 0.282. The Morgan fingerprint density at radius 3 is 2.52 bits per heavy atom. The Morgan fingerprint density at radius 1 is 1.00 bits per heavy atom. The first kappa shape index (κ1) is 30.6. The van der Waals surface area contributed by atoms with Crippen LogP contribution in [0.4, 0.5) is 0 Å². The van der Waals surface area contributed by atoms with Crippen molar-refractivity contribution in [3.8, 4) is 5.88 Å². The lowest BCUT2D eigenvalue weighted by Crippen LogP contribution is -2.57. The van der Waals surface area contributed by atoms with Crippen molar-refractivity contribution in [2.24, 2.45) is 11.7 Å². The number of para-hydroxylation sites is 1. The molecule has 11 nitrogen and oxygen atoms in total. The Kier molecular flexibility index (Phi) is 7.96. The number of allylic oxidation sites excluding steroid dienone is 1. The second-order valence-corrected chi connectivity index (χ2v) is 15.0. The number of pyridine rings is 1. The first-order valence-corrected chi connectivity index (χ1v) is 17.8. The van der Waals surface area contributed by atoms with Gasteiger partial charge >= 0.3 is 0 Å². The zero-order valence-corrected chi connectivity index (χ0v) is 26.4. The molecule has 12 heteroatoms. The summed E-state index contributed by atoms with van der Waals surface area (Å²) < 4.78 is 34.1. The molecule has 3 aromatic rings. The summed E-state index contributed by atoms with van der Waals surface area (Å²) in [5.74, 6) is -1.57. The number of hydrogen-bond donors (Lipinski definition) is 3. The lowest BCUT2D eigenvalue weighted by Gasteiger charge is -2.28. The van der Waals surface area contributed by atoms with Crippen LogP contribution in [-0.4, -0.2) is 71.5 Å². The molecule has 0 unspecified atom stereocenters. The zero-order chi connectivity index (χ0) is 32.1. The lowest BCUT2D eigenvalue weighted by molar-refractivity contribution is -0.140. The highest BCUT2D eigenvalue weighted by molar-refractivity contribution is 7.91. The minimum absolute atomic E-state index is 0.117. The van der Waals surface area contributed by atoms with Gasteiger partial charge in [0.25, 0.3) is 5.91 Å². The van der Waals surface area contributed by atoms with E-state index in [0.717, 1.165) is 47.4 Å². The summed E-state index contributed by atoms with van der Waals surface area (Å²) in [6.45, 7) is 0.117. The van der Waals surface area contributed by atoms with Crippen LogP contribution in [0.25, 0.3) is 21.7 Å². The number of benzene rings is 2. The summed E-state index contributed by atoms with van der Waals surface area (Å²) in [7, 11) is -3.82. The molecule has 3 amide bonds. The van der Waals surface area contributed by atoms with Crippen LogP contribution >= 0.6 is 0 Å². The number of sulfonamides is 1. The highest BCUT2D eigenvalue weighted by Gasteiger charge is 2.62. The summed E-state index contributed by atoms with van der Waals surface area (Å²) >= 11 is 0. The fraction of sp³-hybridized carbons (Fsp3) is 0.471. The van der Waals surface area contributed by atoms with Crippen LogP contribution in [-0.2, 0) is 24.4 Å². The third-order valence-electron chi connectivity index (χ3n) is 9.74. The highest BCUT2D eigenvalue weighted by atomic mass is 32.2. The van der Waals surface area contributed by atoms with Crippen molar-refractivity contribution in [3.05, 3.63) is 60.7 Å². The second kappa shape index (κ2) is 12.0. The van der Waals surface area contributed by atoms with E-state index >= 15 is 0 Å². The van der Waals surface area contributed by atoms with Gasteiger partial charge in [-0.2, -0.15) is 0 Å². The Bertz CT molecular complexity index is 1840. The van der Waals surface area contributed by atoms with E-state index in [1.807, 2.05) is 60.7 Å². The molecule has 5 atom stereocenters. The van der Waals surface area contributed by atoms with Gasteiger partial charge in [0.1, 0.15) is 17.7 Å². The van der Waals surface area contributed by atoms with Crippen LogP contribution in [0.5, 0.6) is 5.88 Å². The largest absolute Gasteiger partial charge is 0.472 e. The van der Waals surface area contributed by atoms with Gasteiger partial charge in [0.15, 0.2) is 0 Å². The van der Waals surface area contributed by atoms with Crippen LogP contribution in [0.2, 0.25) is 0 Å². The molecule has 1 aromatic heterocycles. The van der Waals surface area contributed by atoms with Crippen LogP contribution in [0, 0.1) is 5.92 Å². The molecule has 4 N–H and O–H groups in total. The number of rotatable bonds is 5. The third kappa shape index (κ3) is 5.84. The molecular formula is C34H39N5O6S. The zero-order valence-electron chi connectivity index (χ0n) is 25.6. The molecule has 0 bridgehead atoms. The molecule has 3 fully saturated rings. The van der Waals surface area contributed by atoms with Crippen LogP contribution in [0.1, 0.15) is 57.8 Å². The molecule has 2 aliphatic carbocycles. The number of hydrogen-bond acceptors (Lipinski definition) is 8. The molecule has 46 heavy (non-hydrogen) atoms. The van der Waals surface area contributed by atoms with Gasteiger partial charge in [-0.15, -0.1) is 0 Å². The summed E-state index contributed by atoms with van der Waals surface area (Å²) in [6.07, 6.45) is 8.56.